The number of benzene rings is 3. The predicted molar refractivity (Wildman–Crippen MR) is 119 cm³/mol. The lowest BCUT2D eigenvalue weighted by atomic mass is 10.1. The van der Waals surface area contributed by atoms with Gasteiger partial charge in [-0.1, -0.05) is 41.9 Å². The Hall–Kier alpha value is -3.14. The van der Waals surface area contributed by atoms with Gasteiger partial charge in [0.2, 0.25) is 0 Å². The number of carbonyl (C=O) groups excluding carboxylic acids is 1. The number of anilines is 1. The van der Waals surface area contributed by atoms with E-state index in [4.69, 9.17) is 16.3 Å². The van der Waals surface area contributed by atoms with Gasteiger partial charge in [0.15, 0.2) is 5.75 Å². The molecule has 3 aromatic rings. The van der Waals surface area contributed by atoms with Crippen LogP contribution in [0.1, 0.15) is 11.1 Å². The molecule has 150 valence electrons. The molecule has 7 heteroatoms. The minimum absolute atomic E-state index is 0.0678. The molecule has 0 aliphatic rings. The van der Waals surface area contributed by atoms with E-state index in [2.05, 4.69) is 21.2 Å². The average Bonchev–Trinajstić information content (AvgIpc) is 2.73. The summed E-state index contributed by atoms with van der Waals surface area (Å²) in [5.41, 5.74) is 1.86. The van der Waals surface area contributed by atoms with E-state index in [9.17, 15) is 14.4 Å². The van der Waals surface area contributed by atoms with Gasteiger partial charge >= 0.3 is 0 Å². The Kier molecular flexibility index (Phi) is 7.23. The maximum atomic E-state index is 13.0. The summed E-state index contributed by atoms with van der Waals surface area (Å²) in [5.74, 6) is -0.434. The number of nitriles is 1. The Labute approximate surface area is 186 Å². The van der Waals surface area contributed by atoms with Gasteiger partial charge in [0.25, 0.3) is 5.91 Å². The number of amides is 1. The van der Waals surface area contributed by atoms with E-state index in [-0.39, 0.29) is 18.0 Å². The van der Waals surface area contributed by atoms with Crippen LogP contribution in [-0.4, -0.2) is 5.91 Å². The fourth-order valence-corrected chi connectivity index (χ4v) is 3.56. The van der Waals surface area contributed by atoms with Gasteiger partial charge in [-0.15, -0.1) is 0 Å². The molecule has 4 nitrogen and oxygen atoms in total. The van der Waals surface area contributed by atoms with Crippen LogP contribution < -0.4 is 10.1 Å². The summed E-state index contributed by atoms with van der Waals surface area (Å²) in [6.07, 6.45) is 1.44. The first-order chi connectivity index (χ1) is 14.5. The highest BCUT2D eigenvalue weighted by Gasteiger charge is 2.13. The summed E-state index contributed by atoms with van der Waals surface area (Å²) >= 11 is 9.74. The molecule has 0 aliphatic heterocycles. The topological polar surface area (TPSA) is 62.1 Å². The van der Waals surface area contributed by atoms with E-state index < -0.39 is 5.91 Å². The molecule has 0 fully saturated rings. The van der Waals surface area contributed by atoms with Gasteiger partial charge in [-0.2, -0.15) is 5.26 Å². The number of nitrogens with one attached hydrogen (secondary N) is 1. The molecule has 0 bridgehead atoms. The minimum Gasteiger partial charge on any atom is -0.486 e. The summed E-state index contributed by atoms with van der Waals surface area (Å²) in [6, 6.07) is 20.0. The zero-order valence-electron chi connectivity index (χ0n) is 15.5. The molecular formula is C23H15BrClFN2O2. The van der Waals surface area contributed by atoms with E-state index in [0.717, 1.165) is 5.56 Å². The summed E-state index contributed by atoms with van der Waals surface area (Å²) in [4.78, 5) is 12.4. The Morgan fingerprint density at radius 3 is 2.50 bits per heavy atom. The predicted octanol–water partition coefficient (Wildman–Crippen LogP) is 6.37. The third kappa shape index (κ3) is 5.69. The van der Waals surface area contributed by atoms with E-state index in [1.807, 2.05) is 12.1 Å². The molecule has 0 aromatic heterocycles. The summed E-state index contributed by atoms with van der Waals surface area (Å²) in [6.45, 7) is 0.205. The average molecular weight is 486 g/mol. The van der Waals surface area contributed by atoms with Crippen molar-refractivity contribution >= 4 is 45.2 Å². The van der Waals surface area contributed by atoms with Crippen molar-refractivity contribution in [1.29, 1.82) is 5.26 Å². The van der Waals surface area contributed by atoms with Gasteiger partial charge in [-0.3, -0.25) is 4.79 Å². The van der Waals surface area contributed by atoms with Gasteiger partial charge in [0, 0.05) is 5.69 Å². The molecule has 3 aromatic carbocycles. The van der Waals surface area contributed by atoms with E-state index in [1.165, 1.54) is 18.2 Å². The molecule has 0 saturated carbocycles. The molecule has 1 amide bonds. The monoisotopic (exact) mass is 484 g/mol. The number of ether oxygens (including phenoxy) is 1. The van der Waals surface area contributed by atoms with Gasteiger partial charge in [0.05, 0.1) is 9.50 Å². The Morgan fingerprint density at radius 2 is 1.87 bits per heavy atom. The number of rotatable bonds is 6. The van der Waals surface area contributed by atoms with Crippen molar-refractivity contribution < 1.29 is 13.9 Å². The van der Waals surface area contributed by atoms with Crippen LogP contribution in [0, 0.1) is 17.1 Å². The quantitative estimate of drug-likeness (QED) is 0.326. The second-order valence-electron chi connectivity index (χ2n) is 6.22. The van der Waals surface area contributed by atoms with Crippen LogP contribution in [0.2, 0.25) is 5.02 Å². The van der Waals surface area contributed by atoms with Crippen molar-refractivity contribution in [1.82, 2.24) is 0 Å². The standard InChI is InChI=1S/C23H15BrClFN2O2/c24-20-11-16(10-17(13-27)23(29)28-19-4-2-1-3-5-19)12-21(25)22(20)30-14-15-6-8-18(26)9-7-15/h1-12H,14H2,(H,28,29)/b17-10-. The van der Waals surface area contributed by atoms with Crippen molar-refractivity contribution in [2.75, 3.05) is 5.32 Å². The molecule has 1 N–H and O–H groups in total. The van der Waals surface area contributed by atoms with Crippen LogP contribution in [0.3, 0.4) is 0 Å². The van der Waals surface area contributed by atoms with E-state index in [0.29, 0.717) is 26.5 Å². The van der Waals surface area contributed by atoms with Crippen molar-refractivity contribution in [3.63, 3.8) is 0 Å². The van der Waals surface area contributed by atoms with Crippen LogP contribution >= 0.6 is 27.5 Å². The zero-order chi connectivity index (χ0) is 21.5. The lowest BCUT2D eigenvalue weighted by Gasteiger charge is -2.11. The molecule has 0 spiro atoms. The number of carbonyl (C=O) groups is 1. The van der Waals surface area contributed by atoms with Crippen molar-refractivity contribution in [3.8, 4) is 11.8 Å². The molecule has 3 rings (SSSR count). The maximum absolute atomic E-state index is 13.0. The van der Waals surface area contributed by atoms with Crippen LogP contribution in [0.4, 0.5) is 10.1 Å². The van der Waals surface area contributed by atoms with Gasteiger partial charge in [-0.25, -0.2) is 4.39 Å². The lowest BCUT2D eigenvalue weighted by molar-refractivity contribution is -0.112. The molecule has 0 saturated heterocycles. The van der Waals surface area contributed by atoms with Crippen molar-refractivity contribution in [3.05, 3.63) is 98.7 Å². The first-order valence-corrected chi connectivity index (χ1v) is 9.98. The molecule has 30 heavy (non-hydrogen) atoms. The van der Waals surface area contributed by atoms with Crippen molar-refractivity contribution in [2.24, 2.45) is 0 Å². The molecule has 0 aliphatic carbocycles. The molecule has 0 radical (unpaired) electrons. The maximum Gasteiger partial charge on any atom is 0.266 e. The van der Waals surface area contributed by atoms with Gasteiger partial charge in [0.1, 0.15) is 24.1 Å². The largest absolute Gasteiger partial charge is 0.486 e. The van der Waals surface area contributed by atoms with Crippen LogP contribution in [0.25, 0.3) is 6.08 Å². The highest BCUT2D eigenvalue weighted by Crippen LogP contribution is 2.35. The SMILES string of the molecule is N#C/C(=C/c1cc(Cl)c(OCc2ccc(F)cc2)c(Br)c1)C(=O)Nc1ccccc1. The lowest BCUT2D eigenvalue weighted by Crippen LogP contribution is -2.13. The second kappa shape index (κ2) is 10.1. The molecule has 0 atom stereocenters. The smallest absolute Gasteiger partial charge is 0.266 e. The number of hydrogen-bond acceptors (Lipinski definition) is 3. The molecular weight excluding hydrogens is 471 g/mol. The van der Waals surface area contributed by atoms with E-state index in [1.54, 1.807) is 48.5 Å². The van der Waals surface area contributed by atoms with E-state index >= 15 is 0 Å². The normalized spacial score (nSPS) is 10.9. The molecule has 0 unspecified atom stereocenters. The van der Waals surface area contributed by atoms with Crippen LogP contribution in [0.5, 0.6) is 5.75 Å². The Bertz CT molecular complexity index is 1100. The first kappa shape index (κ1) is 21.6. The Morgan fingerprint density at radius 1 is 1.17 bits per heavy atom. The summed E-state index contributed by atoms with van der Waals surface area (Å²) < 4.78 is 19.3. The Balaban J connectivity index is 1.76. The van der Waals surface area contributed by atoms with Crippen LogP contribution in [0.15, 0.2) is 76.8 Å². The fraction of sp³-hybridized carbons (Fsp3) is 0.0435. The summed E-state index contributed by atoms with van der Waals surface area (Å²) in [7, 11) is 0. The first-order valence-electron chi connectivity index (χ1n) is 8.81. The fourth-order valence-electron chi connectivity index (χ4n) is 2.57. The third-order valence-corrected chi connectivity index (χ3v) is 4.89. The van der Waals surface area contributed by atoms with Crippen LogP contribution in [-0.2, 0) is 11.4 Å². The number of nitrogens with zero attached hydrogens (tertiary/aromatic N) is 1. The van der Waals surface area contributed by atoms with Gasteiger partial charge in [-0.05, 0) is 69.5 Å². The minimum atomic E-state index is -0.521. The zero-order valence-corrected chi connectivity index (χ0v) is 17.9. The highest BCUT2D eigenvalue weighted by atomic mass is 79.9. The number of hydrogen-bond donors (Lipinski definition) is 1. The summed E-state index contributed by atoms with van der Waals surface area (Å²) in [5, 5.41) is 12.4. The number of para-hydroxylation sites is 1. The highest BCUT2D eigenvalue weighted by molar-refractivity contribution is 9.10. The van der Waals surface area contributed by atoms with Crippen molar-refractivity contribution in [2.45, 2.75) is 6.61 Å². The second-order valence-corrected chi connectivity index (χ2v) is 7.48. The third-order valence-electron chi connectivity index (χ3n) is 4.02. The number of halogens is 3. The molecule has 0 heterocycles. The van der Waals surface area contributed by atoms with Gasteiger partial charge < -0.3 is 10.1 Å².